The van der Waals surface area contributed by atoms with Crippen molar-refractivity contribution in [2.75, 3.05) is 7.11 Å². The van der Waals surface area contributed by atoms with Gasteiger partial charge in [-0.05, 0) is 19.1 Å². The van der Waals surface area contributed by atoms with E-state index in [0.717, 1.165) is 0 Å². The Morgan fingerprint density at radius 2 is 2.11 bits per heavy atom. The SMILES string of the molecule is COc1ccccc1C(=O)Cn1cnc(C)cc1=O. The lowest BCUT2D eigenvalue weighted by Crippen LogP contribution is -2.24. The van der Waals surface area contributed by atoms with Crippen molar-refractivity contribution >= 4 is 5.78 Å². The molecule has 2 rings (SSSR count). The minimum Gasteiger partial charge on any atom is -0.496 e. The highest BCUT2D eigenvalue weighted by Gasteiger charge is 2.12. The minimum atomic E-state index is -0.240. The van der Waals surface area contributed by atoms with E-state index in [2.05, 4.69) is 4.98 Å². The molecule has 0 saturated heterocycles. The number of hydrogen-bond donors (Lipinski definition) is 0. The Kier molecular flexibility index (Phi) is 3.75. The van der Waals surface area contributed by atoms with Gasteiger partial charge in [-0.3, -0.25) is 14.2 Å². The first-order chi connectivity index (χ1) is 9.11. The van der Waals surface area contributed by atoms with Crippen molar-refractivity contribution < 1.29 is 9.53 Å². The van der Waals surface area contributed by atoms with Crippen LogP contribution in [0.15, 0.2) is 41.5 Å². The van der Waals surface area contributed by atoms with E-state index in [1.165, 1.54) is 24.1 Å². The lowest BCUT2D eigenvalue weighted by Gasteiger charge is -2.08. The van der Waals surface area contributed by atoms with Crippen LogP contribution in [0.5, 0.6) is 5.75 Å². The van der Waals surface area contributed by atoms with E-state index in [9.17, 15) is 9.59 Å². The van der Waals surface area contributed by atoms with E-state index in [1.54, 1.807) is 31.2 Å². The molecule has 0 N–H and O–H groups in total. The average Bonchev–Trinajstić information content (AvgIpc) is 2.41. The Hall–Kier alpha value is -2.43. The highest BCUT2D eigenvalue weighted by atomic mass is 16.5. The molecule has 1 heterocycles. The average molecular weight is 258 g/mol. The van der Waals surface area contributed by atoms with Gasteiger partial charge in [0, 0.05) is 11.8 Å². The van der Waals surface area contributed by atoms with E-state index < -0.39 is 0 Å². The predicted octanol–water partition coefficient (Wildman–Crippen LogP) is 1.44. The topological polar surface area (TPSA) is 61.2 Å². The summed E-state index contributed by atoms with van der Waals surface area (Å²) in [6.45, 7) is 1.68. The summed E-state index contributed by atoms with van der Waals surface area (Å²) in [6.07, 6.45) is 1.38. The van der Waals surface area contributed by atoms with Gasteiger partial charge in [0.15, 0.2) is 5.78 Å². The number of carbonyl (C=O) groups is 1. The molecule has 98 valence electrons. The van der Waals surface area contributed by atoms with Crippen LogP contribution in [0.1, 0.15) is 16.1 Å². The van der Waals surface area contributed by atoms with Crippen LogP contribution in [0.25, 0.3) is 0 Å². The molecule has 19 heavy (non-hydrogen) atoms. The minimum absolute atomic E-state index is 0.0491. The van der Waals surface area contributed by atoms with Crippen LogP contribution >= 0.6 is 0 Å². The number of benzene rings is 1. The van der Waals surface area contributed by atoms with Crippen LogP contribution in [0.3, 0.4) is 0 Å². The summed E-state index contributed by atoms with van der Waals surface area (Å²) in [6, 6.07) is 8.33. The van der Waals surface area contributed by atoms with Gasteiger partial charge in [0.05, 0.1) is 25.5 Å². The number of hydrogen-bond acceptors (Lipinski definition) is 4. The smallest absolute Gasteiger partial charge is 0.253 e. The molecular formula is C14H14N2O3. The van der Waals surface area contributed by atoms with Gasteiger partial charge in [0.2, 0.25) is 0 Å². The third-order valence-electron chi connectivity index (χ3n) is 2.74. The maximum absolute atomic E-state index is 12.2. The van der Waals surface area contributed by atoms with Gasteiger partial charge in [-0.15, -0.1) is 0 Å². The van der Waals surface area contributed by atoms with Crippen molar-refractivity contribution in [2.24, 2.45) is 0 Å². The fourth-order valence-corrected chi connectivity index (χ4v) is 1.75. The zero-order valence-electron chi connectivity index (χ0n) is 10.8. The van der Waals surface area contributed by atoms with Crippen LogP contribution in [-0.2, 0) is 6.54 Å². The molecule has 0 aliphatic carbocycles. The third kappa shape index (κ3) is 2.88. The van der Waals surface area contributed by atoms with Gasteiger partial charge >= 0.3 is 0 Å². The Morgan fingerprint density at radius 3 is 2.79 bits per heavy atom. The lowest BCUT2D eigenvalue weighted by atomic mass is 10.1. The van der Waals surface area contributed by atoms with Crippen LogP contribution < -0.4 is 10.3 Å². The summed E-state index contributed by atoms with van der Waals surface area (Å²) < 4.78 is 6.41. The second kappa shape index (κ2) is 5.48. The number of methoxy groups -OCH3 is 1. The molecule has 2 aromatic rings. The molecule has 0 radical (unpaired) electrons. The van der Waals surface area contributed by atoms with Crippen LogP contribution in [0.4, 0.5) is 0 Å². The fourth-order valence-electron chi connectivity index (χ4n) is 1.75. The number of ketones is 1. The molecular weight excluding hydrogens is 244 g/mol. The van der Waals surface area contributed by atoms with Crippen LogP contribution in [0.2, 0.25) is 0 Å². The normalized spacial score (nSPS) is 10.2. The van der Waals surface area contributed by atoms with Crippen molar-refractivity contribution in [3.63, 3.8) is 0 Å². The second-order valence-electron chi connectivity index (χ2n) is 4.12. The van der Waals surface area contributed by atoms with Crippen molar-refractivity contribution in [1.82, 2.24) is 9.55 Å². The van der Waals surface area contributed by atoms with Crippen LogP contribution in [0, 0.1) is 6.92 Å². The molecule has 0 bridgehead atoms. The van der Waals surface area contributed by atoms with Gasteiger partial charge < -0.3 is 4.74 Å². The largest absolute Gasteiger partial charge is 0.496 e. The van der Waals surface area contributed by atoms with E-state index in [0.29, 0.717) is 17.0 Å². The molecule has 0 fully saturated rings. The number of rotatable bonds is 4. The molecule has 0 aliphatic heterocycles. The van der Waals surface area contributed by atoms with E-state index in [4.69, 9.17) is 4.74 Å². The highest BCUT2D eigenvalue weighted by molar-refractivity contribution is 5.98. The first kappa shape index (κ1) is 13.0. The number of aromatic nitrogens is 2. The summed E-state index contributed by atoms with van der Waals surface area (Å²) in [4.78, 5) is 27.9. The molecule has 5 nitrogen and oxygen atoms in total. The summed E-state index contributed by atoms with van der Waals surface area (Å²) in [5.74, 6) is 0.311. The predicted molar refractivity (Wildman–Crippen MR) is 70.6 cm³/mol. The number of carbonyl (C=O) groups excluding carboxylic acids is 1. The molecule has 0 amide bonds. The number of ether oxygens (including phenoxy) is 1. The monoisotopic (exact) mass is 258 g/mol. The van der Waals surface area contributed by atoms with Crippen molar-refractivity contribution in [3.05, 3.63) is 58.3 Å². The van der Waals surface area contributed by atoms with Crippen molar-refractivity contribution in [2.45, 2.75) is 13.5 Å². The number of Topliss-reactive ketones (excluding diaryl/α,β-unsaturated/α-hetero) is 1. The molecule has 0 spiro atoms. The first-order valence-corrected chi connectivity index (χ1v) is 5.81. The van der Waals surface area contributed by atoms with Gasteiger partial charge in [0.25, 0.3) is 5.56 Å². The molecule has 5 heteroatoms. The third-order valence-corrected chi connectivity index (χ3v) is 2.74. The Bertz CT molecular complexity index is 662. The lowest BCUT2D eigenvalue weighted by molar-refractivity contribution is 0.0967. The van der Waals surface area contributed by atoms with E-state index >= 15 is 0 Å². The number of para-hydroxylation sites is 1. The summed E-state index contributed by atoms with van der Waals surface area (Å²) in [5, 5.41) is 0. The molecule has 0 aliphatic rings. The van der Waals surface area contributed by atoms with Gasteiger partial charge in [0.1, 0.15) is 5.75 Å². The van der Waals surface area contributed by atoms with E-state index in [-0.39, 0.29) is 17.9 Å². The zero-order valence-corrected chi connectivity index (χ0v) is 10.8. The Morgan fingerprint density at radius 1 is 1.37 bits per heavy atom. The number of aryl methyl sites for hydroxylation is 1. The quantitative estimate of drug-likeness (QED) is 0.779. The second-order valence-corrected chi connectivity index (χ2v) is 4.12. The van der Waals surface area contributed by atoms with Crippen molar-refractivity contribution in [1.29, 1.82) is 0 Å². The molecule has 0 unspecified atom stereocenters. The summed E-state index contributed by atoms with van der Waals surface area (Å²) in [7, 11) is 1.51. The van der Waals surface area contributed by atoms with Gasteiger partial charge in [-0.25, -0.2) is 4.98 Å². The van der Waals surface area contributed by atoms with Crippen molar-refractivity contribution in [3.8, 4) is 5.75 Å². The molecule has 0 saturated carbocycles. The highest BCUT2D eigenvalue weighted by Crippen LogP contribution is 2.18. The van der Waals surface area contributed by atoms with Gasteiger partial charge in [-0.1, -0.05) is 12.1 Å². The Balaban J connectivity index is 2.28. The number of nitrogens with zero attached hydrogens (tertiary/aromatic N) is 2. The molecule has 1 aromatic carbocycles. The summed E-state index contributed by atoms with van der Waals surface area (Å²) in [5.41, 5.74) is 0.846. The molecule has 0 atom stereocenters. The zero-order chi connectivity index (χ0) is 13.8. The van der Waals surface area contributed by atoms with Gasteiger partial charge in [-0.2, -0.15) is 0 Å². The summed E-state index contributed by atoms with van der Waals surface area (Å²) >= 11 is 0. The fraction of sp³-hybridized carbons (Fsp3) is 0.214. The van der Waals surface area contributed by atoms with Crippen LogP contribution in [-0.4, -0.2) is 22.4 Å². The maximum Gasteiger partial charge on any atom is 0.253 e. The Labute approximate surface area is 110 Å². The first-order valence-electron chi connectivity index (χ1n) is 5.81. The maximum atomic E-state index is 12.2. The van der Waals surface area contributed by atoms with E-state index in [1.807, 2.05) is 0 Å². The molecule has 1 aromatic heterocycles. The standard InChI is InChI=1S/C14H14N2O3/c1-10-7-14(18)16(9-15-10)8-12(17)11-5-3-4-6-13(11)19-2/h3-7,9H,8H2,1-2H3.